The van der Waals surface area contributed by atoms with Crippen molar-refractivity contribution in [1.29, 1.82) is 0 Å². The van der Waals surface area contributed by atoms with Crippen LogP contribution in [-0.2, 0) is 10.0 Å². The summed E-state index contributed by atoms with van der Waals surface area (Å²) in [4.78, 5) is 2.75. The number of hydrogen-bond donors (Lipinski definition) is 0. The quantitative estimate of drug-likeness (QED) is 0.802. The second-order valence-corrected chi connectivity index (χ2v) is 9.12. The van der Waals surface area contributed by atoms with Crippen molar-refractivity contribution in [2.75, 3.05) is 32.8 Å². The van der Waals surface area contributed by atoms with Crippen LogP contribution in [0, 0.1) is 0 Å². The molecule has 0 spiro atoms. The van der Waals surface area contributed by atoms with Crippen molar-refractivity contribution in [3.05, 3.63) is 18.2 Å². The maximum atomic E-state index is 13.3. The first kappa shape index (κ1) is 17.1. The zero-order valence-corrected chi connectivity index (χ0v) is 15.5. The lowest BCUT2D eigenvalue weighted by atomic mass is 9.99. The first-order valence-electron chi connectivity index (χ1n) is 9.21. The largest absolute Gasteiger partial charge is 0.490 e. The summed E-state index contributed by atoms with van der Waals surface area (Å²) >= 11 is 0. The number of piperazine rings is 1. The van der Waals surface area contributed by atoms with E-state index in [1.807, 2.05) is 6.92 Å². The molecular weight excluding hydrogens is 340 g/mol. The summed E-state index contributed by atoms with van der Waals surface area (Å²) in [6.07, 6.45) is 4.29. The predicted molar refractivity (Wildman–Crippen MR) is 94.6 cm³/mol. The Hall–Kier alpha value is -1.31. The molecule has 2 atom stereocenters. The second-order valence-electron chi connectivity index (χ2n) is 7.23. The summed E-state index contributed by atoms with van der Waals surface area (Å²) in [7, 11) is -3.54. The maximum Gasteiger partial charge on any atom is 0.243 e. The minimum absolute atomic E-state index is 0.0182. The molecule has 3 aliphatic heterocycles. The van der Waals surface area contributed by atoms with Gasteiger partial charge in [-0.15, -0.1) is 0 Å². The highest BCUT2D eigenvalue weighted by atomic mass is 32.2. The molecule has 138 valence electrons. The fourth-order valence-electron chi connectivity index (χ4n) is 4.10. The number of ether oxygens (including phenoxy) is 2. The maximum absolute atomic E-state index is 13.3. The van der Waals surface area contributed by atoms with Crippen LogP contribution in [0.15, 0.2) is 23.1 Å². The van der Waals surface area contributed by atoms with E-state index in [0.717, 1.165) is 25.9 Å². The Morgan fingerprint density at radius 3 is 2.68 bits per heavy atom. The monoisotopic (exact) mass is 366 g/mol. The molecule has 0 saturated carbocycles. The summed E-state index contributed by atoms with van der Waals surface area (Å²) in [5.41, 5.74) is 0. The van der Waals surface area contributed by atoms with E-state index in [-0.39, 0.29) is 6.04 Å². The number of hydrogen-bond acceptors (Lipinski definition) is 5. The van der Waals surface area contributed by atoms with Crippen molar-refractivity contribution in [3.8, 4) is 11.5 Å². The molecule has 0 N–H and O–H groups in total. The summed E-state index contributed by atoms with van der Waals surface area (Å²) in [6.45, 7) is 5.64. The topological polar surface area (TPSA) is 59.1 Å². The molecule has 0 aliphatic carbocycles. The Bertz CT molecular complexity index is 737. The zero-order chi connectivity index (χ0) is 17.4. The Morgan fingerprint density at radius 1 is 1.04 bits per heavy atom. The lowest BCUT2D eigenvalue weighted by molar-refractivity contribution is 0.0564. The number of rotatable bonds is 2. The molecule has 0 unspecified atom stereocenters. The molecule has 6 nitrogen and oxygen atoms in total. The molecule has 1 aromatic carbocycles. The van der Waals surface area contributed by atoms with Crippen LogP contribution in [0.1, 0.15) is 32.6 Å². The van der Waals surface area contributed by atoms with E-state index in [9.17, 15) is 8.42 Å². The lowest BCUT2D eigenvalue weighted by Gasteiger charge is -2.46. The molecule has 0 bridgehead atoms. The van der Waals surface area contributed by atoms with Crippen LogP contribution in [0.25, 0.3) is 0 Å². The van der Waals surface area contributed by atoms with Crippen LogP contribution >= 0.6 is 0 Å². The summed E-state index contributed by atoms with van der Waals surface area (Å²) < 4.78 is 39.5. The molecule has 3 aliphatic rings. The van der Waals surface area contributed by atoms with E-state index in [1.54, 1.807) is 22.5 Å². The van der Waals surface area contributed by atoms with E-state index in [0.29, 0.717) is 42.2 Å². The van der Waals surface area contributed by atoms with Gasteiger partial charge < -0.3 is 9.47 Å². The van der Waals surface area contributed by atoms with Crippen LogP contribution in [0.5, 0.6) is 11.5 Å². The zero-order valence-electron chi connectivity index (χ0n) is 14.7. The van der Waals surface area contributed by atoms with E-state index in [1.165, 1.54) is 12.8 Å². The summed E-state index contributed by atoms with van der Waals surface area (Å²) in [6, 6.07) is 5.31. The number of sulfonamides is 1. The Balaban J connectivity index is 1.61. The number of nitrogens with zero attached hydrogens (tertiary/aromatic N) is 2. The molecule has 0 aromatic heterocycles. The Labute approximate surface area is 149 Å². The van der Waals surface area contributed by atoms with Gasteiger partial charge >= 0.3 is 0 Å². The molecule has 2 saturated heterocycles. The van der Waals surface area contributed by atoms with Gasteiger partial charge in [0, 0.05) is 37.7 Å². The molecule has 0 radical (unpaired) electrons. The number of fused-ring (bicyclic) bond motifs is 2. The van der Waals surface area contributed by atoms with E-state index >= 15 is 0 Å². The minimum atomic E-state index is -3.54. The van der Waals surface area contributed by atoms with Crippen molar-refractivity contribution in [3.63, 3.8) is 0 Å². The first-order valence-corrected chi connectivity index (χ1v) is 10.7. The van der Waals surface area contributed by atoms with Gasteiger partial charge in [-0.3, -0.25) is 4.90 Å². The number of piperidine rings is 1. The van der Waals surface area contributed by atoms with Gasteiger partial charge in [-0.05, 0) is 38.4 Å². The van der Waals surface area contributed by atoms with Crippen LogP contribution in [-0.4, -0.2) is 62.6 Å². The minimum Gasteiger partial charge on any atom is -0.490 e. The third-order valence-corrected chi connectivity index (χ3v) is 7.43. The van der Waals surface area contributed by atoms with E-state index in [4.69, 9.17) is 9.47 Å². The van der Waals surface area contributed by atoms with Crippen molar-refractivity contribution in [2.24, 2.45) is 0 Å². The average molecular weight is 366 g/mol. The molecule has 4 rings (SSSR count). The smallest absolute Gasteiger partial charge is 0.243 e. The van der Waals surface area contributed by atoms with E-state index < -0.39 is 10.0 Å². The third-order valence-electron chi connectivity index (χ3n) is 5.46. The standard InChI is InChI=1S/C18H26N2O4S/c1-14-12-19-8-3-2-5-15(19)13-20(14)25(21,22)16-6-7-17-18(11-16)24-10-4-9-23-17/h6-7,11,14-15H,2-5,8-10,12-13H2,1H3/t14-,15-/m0/s1. The van der Waals surface area contributed by atoms with Crippen LogP contribution in [0.2, 0.25) is 0 Å². The predicted octanol–water partition coefficient (Wildman–Crippen LogP) is 2.10. The normalized spacial score (nSPS) is 28.2. The van der Waals surface area contributed by atoms with Crippen LogP contribution in [0.4, 0.5) is 0 Å². The molecule has 7 heteroatoms. The van der Waals surface area contributed by atoms with Gasteiger partial charge in [0.15, 0.2) is 11.5 Å². The van der Waals surface area contributed by atoms with Gasteiger partial charge in [0.1, 0.15) is 0 Å². The van der Waals surface area contributed by atoms with Gasteiger partial charge in [0.25, 0.3) is 0 Å². The van der Waals surface area contributed by atoms with Gasteiger partial charge in [0.2, 0.25) is 10.0 Å². The fraction of sp³-hybridized carbons (Fsp3) is 0.667. The van der Waals surface area contributed by atoms with Gasteiger partial charge in [0.05, 0.1) is 18.1 Å². The fourth-order valence-corrected chi connectivity index (χ4v) is 5.78. The van der Waals surface area contributed by atoms with E-state index in [2.05, 4.69) is 4.90 Å². The molecular formula is C18H26N2O4S. The van der Waals surface area contributed by atoms with Crippen molar-refractivity contribution in [2.45, 2.75) is 49.6 Å². The SMILES string of the molecule is C[C@H]1CN2CCCC[C@H]2CN1S(=O)(=O)c1ccc2c(c1)OCCCO2. The third kappa shape index (κ3) is 3.25. The highest BCUT2D eigenvalue weighted by Gasteiger charge is 2.39. The van der Waals surface area contributed by atoms with Gasteiger partial charge in [-0.1, -0.05) is 6.42 Å². The lowest BCUT2D eigenvalue weighted by Crippen LogP contribution is -2.59. The van der Waals surface area contributed by atoms with Crippen molar-refractivity contribution < 1.29 is 17.9 Å². The second kappa shape index (κ2) is 6.78. The summed E-state index contributed by atoms with van der Waals surface area (Å²) in [5.74, 6) is 1.16. The average Bonchev–Trinajstić information content (AvgIpc) is 2.85. The van der Waals surface area contributed by atoms with Gasteiger partial charge in [-0.2, -0.15) is 4.31 Å². The Morgan fingerprint density at radius 2 is 1.84 bits per heavy atom. The summed E-state index contributed by atoms with van der Waals surface area (Å²) in [5, 5.41) is 0. The molecule has 1 aromatic rings. The molecule has 0 amide bonds. The number of benzene rings is 1. The highest BCUT2D eigenvalue weighted by Crippen LogP contribution is 2.34. The molecule has 25 heavy (non-hydrogen) atoms. The molecule has 3 heterocycles. The molecule has 2 fully saturated rings. The first-order chi connectivity index (χ1) is 12.1. The Kier molecular flexibility index (Phi) is 4.64. The highest BCUT2D eigenvalue weighted by molar-refractivity contribution is 7.89. The van der Waals surface area contributed by atoms with Crippen molar-refractivity contribution >= 4 is 10.0 Å². The van der Waals surface area contributed by atoms with Crippen LogP contribution in [0.3, 0.4) is 0 Å². The van der Waals surface area contributed by atoms with Crippen LogP contribution < -0.4 is 9.47 Å². The van der Waals surface area contributed by atoms with Gasteiger partial charge in [-0.25, -0.2) is 8.42 Å². The van der Waals surface area contributed by atoms with Crippen molar-refractivity contribution in [1.82, 2.24) is 9.21 Å².